The van der Waals surface area contributed by atoms with Gasteiger partial charge in [-0.15, -0.1) is 0 Å². The minimum atomic E-state index is -0.837. The van der Waals surface area contributed by atoms with Gasteiger partial charge >= 0.3 is 6.03 Å². The lowest BCUT2D eigenvalue weighted by atomic mass is 10.0. The molecule has 0 radical (unpaired) electrons. The van der Waals surface area contributed by atoms with Gasteiger partial charge in [0, 0.05) is 31.4 Å². The Balaban J connectivity index is 1.30. The number of amides is 3. The van der Waals surface area contributed by atoms with Crippen LogP contribution in [0.2, 0.25) is 0 Å². The van der Waals surface area contributed by atoms with Crippen molar-refractivity contribution in [3.8, 4) is 5.75 Å². The maximum atomic E-state index is 14.0. The molecule has 0 bridgehead atoms. The van der Waals surface area contributed by atoms with Gasteiger partial charge in [0.2, 0.25) is 0 Å². The summed E-state index contributed by atoms with van der Waals surface area (Å²) in [6, 6.07) is 22.1. The smallest absolute Gasteiger partial charge is 0.315 e. The Kier molecular flexibility index (Phi) is 8.52. The number of nitrogens with one attached hydrogen (secondary N) is 3. The lowest BCUT2D eigenvalue weighted by molar-refractivity contribution is -0.118. The van der Waals surface area contributed by atoms with E-state index in [1.165, 1.54) is 13.2 Å². The van der Waals surface area contributed by atoms with Crippen LogP contribution in [0.3, 0.4) is 0 Å². The number of halogens is 1. The van der Waals surface area contributed by atoms with Crippen molar-refractivity contribution in [1.29, 1.82) is 0 Å². The lowest BCUT2D eigenvalue weighted by Crippen LogP contribution is -2.49. The second-order valence-electron chi connectivity index (χ2n) is 8.84. The fourth-order valence-electron chi connectivity index (χ4n) is 4.34. The lowest BCUT2D eigenvalue weighted by Gasteiger charge is -2.32. The highest BCUT2D eigenvalue weighted by Crippen LogP contribution is 2.21. The van der Waals surface area contributed by atoms with Gasteiger partial charge in [-0.25, -0.2) is 9.18 Å². The summed E-state index contributed by atoms with van der Waals surface area (Å²) in [5, 5.41) is 8.72. The van der Waals surface area contributed by atoms with E-state index in [0.717, 1.165) is 31.5 Å². The van der Waals surface area contributed by atoms with Crippen molar-refractivity contribution in [3.63, 3.8) is 0 Å². The number of methoxy groups -OCH3 is 1. The molecule has 3 aromatic carbocycles. The van der Waals surface area contributed by atoms with E-state index >= 15 is 0 Å². The van der Waals surface area contributed by atoms with Crippen molar-refractivity contribution >= 4 is 17.6 Å². The van der Waals surface area contributed by atoms with E-state index < -0.39 is 6.04 Å². The standard InChI is InChI=1S/C28H31FN4O3/c1-36-25-13-12-20(18-24(25)29)19-33-16-14-23(15-17-33)31-28(35)32-26(21-8-4-2-5-9-21)27(34)30-22-10-6-3-7-11-22/h2-13,18,23,26H,14-17,19H2,1H3,(H,30,34)(H2,31,32,35). The molecule has 36 heavy (non-hydrogen) atoms. The molecule has 1 atom stereocenters. The molecule has 1 fully saturated rings. The monoisotopic (exact) mass is 490 g/mol. The molecule has 0 aromatic heterocycles. The van der Waals surface area contributed by atoms with E-state index in [1.54, 1.807) is 18.2 Å². The summed E-state index contributed by atoms with van der Waals surface area (Å²) in [5.41, 5.74) is 2.24. The molecule has 1 heterocycles. The van der Waals surface area contributed by atoms with Crippen LogP contribution in [0.5, 0.6) is 5.75 Å². The zero-order valence-corrected chi connectivity index (χ0v) is 20.2. The Bertz CT molecular complexity index is 1150. The number of benzene rings is 3. The summed E-state index contributed by atoms with van der Waals surface area (Å²) in [4.78, 5) is 28.1. The number of carbonyl (C=O) groups is 2. The molecule has 8 heteroatoms. The fraction of sp³-hybridized carbons (Fsp3) is 0.286. The molecular weight excluding hydrogens is 459 g/mol. The third-order valence-corrected chi connectivity index (χ3v) is 6.26. The largest absolute Gasteiger partial charge is 0.494 e. The van der Waals surface area contributed by atoms with Crippen molar-refractivity contribution in [3.05, 3.63) is 95.8 Å². The van der Waals surface area contributed by atoms with Crippen LogP contribution in [0.25, 0.3) is 0 Å². The summed E-state index contributed by atoms with van der Waals surface area (Å²) in [6.45, 7) is 2.18. The predicted octanol–water partition coefficient (Wildman–Crippen LogP) is 4.48. The first-order valence-corrected chi connectivity index (χ1v) is 12.0. The summed E-state index contributed by atoms with van der Waals surface area (Å²) in [6.07, 6.45) is 1.52. The molecule has 1 unspecified atom stereocenters. The van der Waals surface area contributed by atoms with E-state index in [-0.39, 0.29) is 29.5 Å². The number of rotatable bonds is 8. The highest BCUT2D eigenvalue weighted by atomic mass is 19.1. The van der Waals surface area contributed by atoms with E-state index in [9.17, 15) is 14.0 Å². The molecule has 7 nitrogen and oxygen atoms in total. The molecule has 3 aromatic rings. The second kappa shape index (κ2) is 12.2. The Morgan fingerprint density at radius 1 is 1.00 bits per heavy atom. The second-order valence-corrected chi connectivity index (χ2v) is 8.84. The predicted molar refractivity (Wildman–Crippen MR) is 137 cm³/mol. The minimum absolute atomic E-state index is 0.0116. The molecule has 0 aliphatic carbocycles. The Morgan fingerprint density at radius 3 is 2.31 bits per heavy atom. The highest BCUT2D eigenvalue weighted by Gasteiger charge is 2.26. The van der Waals surface area contributed by atoms with Crippen molar-refractivity contribution in [2.75, 3.05) is 25.5 Å². The highest BCUT2D eigenvalue weighted by molar-refractivity contribution is 5.97. The summed E-state index contributed by atoms with van der Waals surface area (Å²) in [7, 11) is 1.45. The van der Waals surface area contributed by atoms with Crippen LogP contribution >= 0.6 is 0 Å². The Morgan fingerprint density at radius 2 is 1.67 bits per heavy atom. The molecule has 0 spiro atoms. The van der Waals surface area contributed by atoms with Crippen LogP contribution in [0.15, 0.2) is 78.9 Å². The zero-order valence-electron chi connectivity index (χ0n) is 20.2. The Hall–Kier alpha value is -3.91. The number of nitrogens with zero attached hydrogens (tertiary/aromatic N) is 1. The number of anilines is 1. The van der Waals surface area contributed by atoms with Gasteiger partial charge < -0.3 is 20.7 Å². The molecule has 3 amide bonds. The summed E-state index contributed by atoms with van der Waals surface area (Å²) < 4.78 is 19.0. The van der Waals surface area contributed by atoms with E-state index in [2.05, 4.69) is 20.9 Å². The average Bonchev–Trinajstić information content (AvgIpc) is 2.89. The first-order valence-electron chi connectivity index (χ1n) is 12.0. The van der Waals surface area contributed by atoms with Gasteiger partial charge in [0.1, 0.15) is 6.04 Å². The van der Waals surface area contributed by atoms with Crippen molar-refractivity contribution in [2.45, 2.75) is 31.5 Å². The maximum absolute atomic E-state index is 14.0. The SMILES string of the molecule is COc1ccc(CN2CCC(NC(=O)NC(C(=O)Nc3ccccc3)c3ccccc3)CC2)cc1F. The van der Waals surface area contributed by atoms with Crippen LogP contribution < -0.4 is 20.7 Å². The number of likely N-dealkylation sites (tertiary alicyclic amines) is 1. The molecule has 1 aliphatic rings. The van der Waals surface area contributed by atoms with Gasteiger partial charge in [-0.1, -0.05) is 54.6 Å². The van der Waals surface area contributed by atoms with Gasteiger partial charge in [0.05, 0.1) is 7.11 Å². The molecule has 1 saturated heterocycles. The molecule has 1 aliphatic heterocycles. The van der Waals surface area contributed by atoms with Crippen molar-refractivity contribution < 1.29 is 18.7 Å². The molecule has 188 valence electrons. The molecule has 3 N–H and O–H groups in total. The molecular formula is C28H31FN4O3. The van der Waals surface area contributed by atoms with Gasteiger partial charge in [-0.05, 0) is 48.2 Å². The normalized spacial score (nSPS) is 15.1. The number of hydrogen-bond acceptors (Lipinski definition) is 4. The van der Waals surface area contributed by atoms with Crippen LogP contribution in [0.4, 0.5) is 14.9 Å². The Labute approximate surface area is 210 Å². The van der Waals surface area contributed by atoms with Crippen molar-refractivity contribution in [2.24, 2.45) is 0 Å². The number of urea groups is 1. The average molecular weight is 491 g/mol. The maximum Gasteiger partial charge on any atom is 0.315 e. The van der Waals surface area contributed by atoms with E-state index in [0.29, 0.717) is 17.8 Å². The number of ether oxygens (including phenoxy) is 1. The van der Waals surface area contributed by atoms with Gasteiger partial charge in [-0.2, -0.15) is 0 Å². The number of hydrogen-bond donors (Lipinski definition) is 3. The quantitative estimate of drug-likeness (QED) is 0.435. The van der Waals surface area contributed by atoms with Crippen LogP contribution in [-0.2, 0) is 11.3 Å². The number of para-hydroxylation sites is 1. The van der Waals surface area contributed by atoms with Gasteiger partial charge in [0.25, 0.3) is 5.91 Å². The van der Waals surface area contributed by atoms with Crippen LogP contribution in [0, 0.1) is 5.82 Å². The molecule has 0 saturated carbocycles. The molecule has 4 rings (SSSR count). The van der Waals surface area contributed by atoms with Gasteiger partial charge in [-0.3, -0.25) is 9.69 Å². The first kappa shape index (κ1) is 25.2. The summed E-state index contributed by atoms with van der Waals surface area (Å²) >= 11 is 0. The minimum Gasteiger partial charge on any atom is -0.494 e. The summed E-state index contributed by atoms with van der Waals surface area (Å²) in [5.74, 6) is -0.449. The van der Waals surface area contributed by atoms with Crippen LogP contribution in [0.1, 0.15) is 30.0 Å². The zero-order chi connectivity index (χ0) is 25.3. The third-order valence-electron chi connectivity index (χ3n) is 6.26. The van der Waals surface area contributed by atoms with E-state index in [1.807, 2.05) is 54.6 Å². The van der Waals surface area contributed by atoms with Gasteiger partial charge in [0.15, 0.2) is 11.6 Å². The topological polar surface area (TPSA) is 82.7 Å². The van der Waals surface area contributed by atoms with Crippen LogP contribution in [-0.4, -0.2) is 43.1 Å². The fourth-order valence-corrected chi connectivity index (χ4v) is 4.34. The number of carbonyl (C=O) groups excluding carboxylic acids is 2. The first-order chi connectivity index (χ1) is 17.5. The third kappa shape index (κ3) is 6.82. The number of piperidine rings is 1. The van der Waals surface area contributed by atoms with Crippen molar-refractivity contribution in [1.82, 2.24) is 15.5 Å². The van der Waals surface area contributed by atoms with E-state index in [4.69, 9.17) is 4.74 Å².